The summed E-state index contributed by atoms with van der Waals surface area (Å²) in [6.07, 6.45) is 4.10. The Hall–Kier alpha value is -0.883. The highest BCUT2D eigenvalue weighted by Gasteiger charge is 2.42. The number of aliphatic hydroxyl groups excluding tert-OH is 1. The molecule has 2 rings (SSSR count). The third-order valence-corrected chi connectivity index (χ3v) is 10.6. The molecule has 1 aromatic carbocycles. The van der Waals surface area contributed by atoms with E-state index in [0.717, 1.165) is 29.7 Å². The van der Waals surface area contributed by atoms with Gasteiger partial charge < -0.3 is 19.0 Å². The van der Waals surface area contributed by atoms with Gasteiger partial charge >= 0.3 is 0 Å². The fourth-order valence-corrected chi connectivity index (χ4v) is 4.62. The molecule has 0 aliphatic heterocycles. The lowest BCUT2D eigenvalue weighted by molar-refractivity contribution is -0.0925. The van der Waals surface area contributed by atoms with Crippen LogP contribution >= 0.6 is 0 Å². The maximum Gasteiger partial charge on any atom is 0.193 e. The van der Waals surface area contributed by atoms with Crippen LogP contribution in [0.15, 0.2) is 18.2 Å². The second-order valence-corrected chi connectivity index (χ2v) is 14.0. The lowest BCUT2D eigenvalue weighted by Crippen LogP contribution is -2.45. The number of aryl methyl sites for hydroxylation is 1. The van der Waals surface area contributed by atoms with Gasteiger partial charge in [-0.25, -0.2) is 0 Å². The first-order valence-electron chi connectivity index (χ1n) is 10.2. The summed E-state index contributed by atoms with van der Waals surface area (Å²) < 4.78 is 18.7. The number of hydrogen-bond acceptors (Lipinski definition) is 4. The second kappa shape index (κ2) is 9.08. The molecule has 1 aliphatic carbocycles. The van der Waals surface area contributed by atoms with Gasteiger partial charge in [0.2, 0.25) is 0 Å². The zero-order chi connectivity index (χ0) is 20.2. The second-order valence-electron chi connectivity index (χ2n) is 9.29. The third-order valence-electron chi connectivity index (χ3n) is 6.18. The lowest BCUT2D eigenvalue weighted by atomic mass is 10.0. The molecule has 0 spiro atoms. The molecule has 5 heteroatoms. The minimum Gasteiger partial charge on any atom is -0.496 e. The van der Waals surface area contributed by atoms with Crippen molar-refractivity contribution >= 4 is 8.32 Å². The van der Waals surface area contributed by atoms with Crippen LogP contribution in [0.5, 0.6) is 5.75 Å². The summed E-state index contributed by atoms with van der Waals surface area (Å²) in [4.78, 5) is 0. The van der Waals surface area contributed by atoms with Gasteiger partial charge in [-0.1, -0.05) is 45.7 Å². The van der Waals surface area contributed by atoms with Gasteiger partial charge in [0.25, 0.3) is 0 Å². The third kappa shape index (κ3) is 5.56. The number of benzene rings is 1. The molecule has 0 radical (unpaired) electrons. The van der Waals surface area contributed by atoms with E-state index >= 15 is 0 Å². The van der Waals surface area contributed by atoms with E-state index in [0.29, 0.717) is 0 Å². The Kier molecular flexibility index (Phi) is 7.53. The van der Waals surface area contributed by atoms with Crippen molar-refractivity contribution in [3.8, 4) is 5.75 Å². The predicted octanol–water partition coefficient (Wildman–Crippen LogP) is 5.39. The molecular weight excluding hydrogens is 356 g/mol. The highest BCUT2D eigenvalue weighted by atomic mass is 28.4. The zero-order valence-electron chi connectivity index (χ0n) is 18.2. The van der Waals surface area contributed by atoms with E-state index in [1.54, 1.807) is 7.11 Å². The van der Waals surface area contributed by atoms with Crippen LogP contribution in [-0.2, 0) is 9.16 Å². The smallest absolute Gasteiger partial charge is 0.193 e. The molecule has 27 heavy (non-hydrogen) atoms. The standard InChI is InChI=1S/C22H38O4Si/c1-16-12-13-17(14-19(16)24-5)21(26-27(6,7)22(2,3)4)20(15-23)25-18-10-8-9-11-18/h12-14,18,20-21,23H,8-11,15H2,1-7H3/t20-,21+/m0/s1. The summed E-state index contributed by atoms with van der Waals surface area (Å²) in [6.45, 7) is 13.2. The molecule has 1 aromatic rings. The van der Waals surface area contributed by atoms with Gasteiger partial charge in [0.15, 0.2) is 8.32 Å². The quantitative estimate of drug-likeness (QED) is 0.601. The van der Waals surface area contributed by atoms with Crippen molar-refractivity contribution < 1.29 is 19.0 Å². The van der Waals surface area contributed by atoms with Crippen LogP contribution in [0.2, 0.25) is 18.1 Å². The van der Waals surface area contributed by atoms with Gasteiger partial charge in [-0.3, -0.25) is 0 Å². The van der Waals surface area contributed by atoms with Crippen LogP contribution in [0.4, 0.5) is 0 Å². The van der Waals surface area contributed by atoms with E-state index < -0.39 is 8.32 Å². The van der Waals surface area contributed by atoms with E-state index in [9.17, 15) is 5.11 Å². The van der Waals surface area contributed by atoms with Crippen molar-refractivity contribution in [1.29, 1.82) is 0 Å². The van der Waals surface area contributed by atoms with Crippen LogP contribution in [0.3, 0.4) is 0 Å². The van der Waals surface area contributed by atoms with Crippen LogP contribution in [0.25, 0.3) is 0 Å². The monoisotopic (exact) mass is 394 g/mol. The molecule has 0 saturated heterocycles. The van der Waals surface area contributed by atoms with Gasteiger partial charge in [-0.15, -0.1) is 0 Å². The van der Waals surface area contributed by atoms with Gasteiger partial charge in [-0.05, 0) is 55.1 Å². The lowest BCUT2D eigenvalue weighted by Gasteiger charge is -2.41. The van der Waals surface area contributed by atoms with Gasteiger partial charge in [0, 0.05) is 0 Å². The number of hydrogen-bond donors (Lipinski definition) is 1. The van der Waals surface area contributed by atoms with E-state index in [1.165, 1.54) is 12.8 Å². The molecule has 0 bridgehead atoms. The van der Waals surface area contributed by atoms with Crippen molar-refractivity contribution in [1.82, 2.24) is 0 Å². The molecule has 1 N–H and O–H groups in total. The summed E-state index contributed by atoms with van der Waals surface area (Å²) in [6, 6.07) is 6.17. The maximum atomic E-state index is 10.2. The first kappa shape index (κ1) is 22.4. The van der Waals surface area contributed by atoms with Gasteiger partial charge in [0.1, 0.15) is 11.9 Å². The fraction of sp³-hybridized carbons (Fsp3) is 0.727. The van der Waals surface area contributed by atoms with E-state index in [1.807, 2.05) is 13.0 Å². The summed E-state index contributed by atoms with van der Waals surface area (Å²) in [5.41, 5.74) is 2.10. The summed E-state index contributed by atoms with van der Waals surface area (Å²) in [5, 5.41) is 10.3. The largest absolute Gasteiger partial charge is 0.496 e. The summed E-state index contributed by atoms with van der Waals surface area (Å²) in [7, 11) is -0.370. The van der Waals surface area contributed by atoms with Crippen molar-refractivity contribution in [2.75, 3.05) is 13.7 Å². The number of aliphatic hydroxyl groups is 1. The molecule has 1 fully saturated rings. The highest BCUT2D eigenvalue weighted by Crippen LogP contribution is 2.42. The van der Waals surface area contributed by atoms with Gasteiger partial charge in [-0.2, -0.15) is 0 Å². The number of ether oxygens (including phenoxy) is 2. The van der Waals surface area contributed by atoms with E-state index in [2.05, 4.69) is 46.0 Å². The average Bonchev–Trinajstić information content (AvgIpc) is 3.10. The SMILES string of the molecule is COc1cc([C@@H](O[Si](C)(C)C(C)(C)C)[C@H](CO)OC2CCCC2)ccc1C. The molecule has 154 valence electrons. The van der Waals surface area contributed by atoms with Crippen molar-refractivity contribution in [3.05, 3.63) is 29.3 Å². The molecule has 0 heterocycles. The van der Waals surface area contributed by atoms with Crippen LogP contribution in [-0.4, -0.2) is 39.3 Å². The van der Waals surface area contributed by atoms with Gasteiger partial charge in [0.05, 0.1) is 25.9 Å². The predicted molar refractivity (Wildman–Crippen MR) is 113 cm³/mol. The van der Waals surface area contributed by atoms with Crippen LogP contribution in [0, 0.1) is 6.92 Å². The van der Waals surface area contributed by atoms with Crippen molar-refractivity contribution in [2.24, 2.45) is 0 Å². The Labute approximate surface area is 166 Å². The van der Waals surface area contributed by atoms with Crippen LogP contribution in [0.1, 0.15) is 63.7 Å². The zero-order valence-corrected chi connectivity index (χ0v) is 19.2. The maximum absolute atomic E-state index is 10.2. The Morgan fingerprint density at radius 3 is 2.33 bits per heavy atom. The molecule has 1 saturated carbocycles. The Morgan fingerprint density at radius 1 is 1.19 bits per heavy atom. The first-order chi connectivity index (χ1) is 12.6. The molecule has 1 aliphatic rings. The fourth-order valence-electron chi connectivity index (χ4n) is 3.35. The summed E-state index contributed by atoms with van der Waals surface area (Å²) >= 11 is 0. The molecule has 0 unspecified atom stereocenters. The van der Waals surface area contributed by atoms with E-state index in [-0.39, 0.29) is 30.0 Å². The van der Waals surface area contributed by atoms with Crippen molar-refractivity contribution in [2.45, 2.75) is 89.8 Å². The summed E-state index contributed by atoms with van der Waals surface area (Å²) in [5.74, 6) is 0.842. The highest BCUT2D eigenvalue weighted by molar-refractivity contribution is 6.74. The minimum absolute atomic E-state index is 0.0496. The molecular formula is C22H38O4Si. The first-order valence-corrected chi connectivity index (χ1v) is 13.1. The Bertz CT molecular complexity index is 603. The van der Waals surface area contributed by atoms with E-state index in [4.69, 9.17) is 13.9 Å². The molecule has 0 amide bonds. The normalized spacial score (nSPS) is 18.5. The average molecular weight is 395 g/mol. The number of methoxy groups -OCH3 is 1. The number of rotatable bonds is 8. The topological polar surface area (TPSA) is 47.9 Å². The van der Waals surface area contributed by atoms with Crippen LogP contribution < -0.4 is 4.74 Å². The molecule has 4 nitrogen and oxygen atoms in total. The molecule has 2 atom stereocenters. The Balaban J connectivity index is 2.37. The minimum atomic E-state index is -2.06. The molecule has 0 aromatic heterocycles. The Morgan fingerprint density at radius 2 is 1.81 bits per heavy atom. The van der Waals surface area contributed by atoms with Crippen molar-refractivity contribution in [3.63, 3.8) is 0 Å².